The van der Waals surface area contributed by atoms with Crippen molar-refractivity contribution in [3.63, 3.8) is 0 Å². The molecule has 1 N–H and O–H groups in total. The number of halogens is 1. The van der Waals surface area contributed by atoms with E-state index in [2.05, 4.69) is 30.9 Å². The van der Waals surface area contributed by atoms with E-state index in [1.54, 1.807) is 13.8 Å². The van der Waals surface area contributed by atoms with Crippen LogP contribution in [0, 0.1) is 6.92 Å². The molecule has 6 heteroatoms. The van der Waals surface area contributed by atoms with Crippen molar-refractivity contribution in [3.05, 3.63) is 39.6 Å². The van der Waals surface area contributed by atoms with Gasteiger partial charge in [0.05, 0.1) is 6.10 Å². The van der Waals surface area contributed by atoms with Gasteiger partial charge in [-0.05, 0) is 26.0 Å². The summed E-state index contributed by atoms with van der Waals surface area (Å²) in [5, 5.41) is 17.1. The van der Waals surface area contributed by atoms with Crippen LogP contribution in [0.2, 0.25) is 0 Å². The number of aryl methyl sites for hydroxylation is 1. The van der Waals surface area contributed by atoms with Gasteiger partial charge in [-0.15, -0.1) is 0 Å². The van der Waals surface area contributed by atoms with Gasteiger partial charge in [0, 0.05) is 10.0 Å². The van der Waals surface area contributed by atoms with Gasteiger partial charge in [0.1, 0.15) is 23.7 Å². The van der Waals surface area contributed by atoms with Crippen molar-refractivity contribution in [2.24, 2.45) is 0 Å². The predicted molar refractivity (Wildman–Crippen MR) is 68.1 cm³/mol. The van der Waals surface area contributed by atoms with E-state index in [0.717, 1.165) is 10.0 Å². The van der Waals surface area contributed by atoms with Crippen molar-refractivity contribution in [2.75, 3.05) is 0 Å². The van der Waals surface area contributed by atoms with Gasteiger partial charge in [-0.1, -0.05) is 32.3 Å². The molecule has 0 aliphatic rings. The number of aliphatic hydroxyl groups is 1. The van der Waals surface area contributed by atoms with Crippen LogP contribution in [0.25, 0.3) is 0 Å². The van der Waals surface area contributed by atoms with Crippen molar-refractivity contribution in [1.29, 1.82) is 0 Å². The Morgan fingerprint density at radius 1 is 1.44 bits per heavy atom. The lowest BCUT2D eigenvalue weighted by atomic mass is 10.1. The Hall–Kier alpha value is -1.40. The van der Waals surface area contributed by atoms with E-state index >= 15 is 0 Å². The molecule has 0 saturated carbocycles. The standard InChI is InChI=1S/C12H13BrN2O3/c1-7-11(15-18-14-7)6-17-12-5-9(13)3-4-10(12)8(2)16/h3-5,8,16H,6H2,1-2H3/t8-/m1/s1. The zero-order chi connectivity index (χ0) is 13.1. The minimum absolute atomic E-state index is 0.255. The minimum atomic E-state index is -0.593. The lowest BCUT2D eigenvalue weighted by molar-refractivity contribution is 0.189. The Kier molecular flexibility index (Phi) is 3.98. The zero-order valence-corrected chi connectivity index (χ0v) is 11.6. The average Bonchev–Trinajstić information content (AvgIpc) is 2.72. The third kappa shape index (κ3) is 2.88. The number of rotatable bonds is 4. The van der Waals surface area contributed by atoms with Gasteiger partial charge in [-0.25, -0.2) is 4.63 Å². The summed E-state index contributed by atoms with van der Waals surface area (Å²) in [5.74, 6) is 0.613. The molecule has 0 spiro atoms. The van der Waals surface area contributed by atoms with Crippen LogP contribution in [0.3, 0.4) is 0 Å². The van der Waals surface area contributed by atoms with Crippen molar-refractivity contribution in [3.8, 4) is 5.75 Å². The largest absolute Gasteiger partial charge is 0.487 e. The van der Waals surface area contributed by atoms with E-state index in [0.29, 0.717) is 17.1 Å². The van der Waals surface area contributed by atoms with Gasteiger partial charge in [0.15, 0.2) is 0 Å². The predicted octanol–water partition coefficient (Wildman–Crippen LogP) is 2.77. The summed E-state index contributed by atoms with van der Waals surface area (Å²) in [6, 6.07) is 5.49. The molecule has 1 aromatic carbocycles. The fourth-order valence-corrected chi connectivity index (χ4v) is 1.85. The van der Waals surface area contributed by atoms with E-state index < -0.39 is 6.10 Å². The fraction of sp³-hybridized carbons (Fsp3) is 0.333. The first-order valence-corrected chi connectivity index (χ1v) is 6.25. The minimum Gasteiger partial charge on any atom is -0.487 e. The smallest absolute Gasteiger partial charge is 0.145 e. The lowest BCUT2D eigenvalue weighted by Gasteiger charge is -2.13. The average molecular weight is 313 g/mol. The van der Waals surface area contributed by atoms with E-state index in [1.807, 2.05) is 18.2 Å². The summed E-state index contributed by atoms with van der Waals surface area (Å²) in [4.78, 5) is 0. The molecule has 96 valence electrons. The molecule has 0 amide bonds. The highest BCUT2D eigenvalue weighted by atomic mass is 79.9. The molecule has 0 aliphatic carbocycles. The molecule has 0 aliphatic heterocycles. The molecule has 5 nitrogen and oxygen atoms in total. The molecule has 1 atom stereocenters. The number of hydrogen-bond donors (Lipinski definition) is 1. The van der Waals surface area contributed by atoms with Crippen LogP contribution in [-0.4, -0.2) is 15.4 Å². The number of nitrogens with zero attached hydrogens (tertiary/aromatic N) is 2. The number of aromatic nitrogens is 2. The normalized spacial score (nSPS) is 12.4. The highest BCUT2D eigenvalue weighted by Crippen LogP contribution is 2.29. The first-order chi connectivity index (χ1) is 8.58. The van der Waals surface area contributed by atoms with E-state index in [9.17, 15) is 5.11 Å². The van der Waals surface area contributed by atoms with E-state index in [4.69, 9.17) is 4.74 Å². The lowest BCUT2D eigenvalue weighted by Crippen LogP contribution is -2.02. The fourth-order valence-electron chi connectivity index (χ4n) is 1.50. The first-order valence-electron chi connectivity index (χ1n) is 5.46. The molecular formula is C12H13BrN2O3. The molecule has 1 heterocycles. The molecule has 0 unspecified atom stereocenters. The van der Waals surface area contributed by atoms with Gasteiger partial charge in [-0.3, -0.25) is 0 Å². The quantitative estimate of drug-likeness (QED) is 0.940. The number of aliphatic hydroxyl groups excluding tert-OH is 1. The van der Waals surface area contributed by atoms with Gasteiger partial charge in [0.2, 0.25) is 0 Å². The van der Waals surface area contributed by atoms with Crippen LogP contribution in [0.5, 0.6) is 5.75 Å². The Morgan fingerprint density at radius 2 is 2.22 bits per heavy atom. The SMILES string of the molecule is Cc1nonc1COc1cc(Br)ccc1[C@@H](C)O. The maximum Gasteiger partial charge on any atom is 0.145 e. The van der Waals surface area contributed by atoms with Crippen LogP contribution in [0.4, 0.5) is 0 Å². The van der Waals surface area contributed by atoms with Crippen LogP contribution in [0.15, 0.2) is 27.3 Å². The molecule has 1 aromatic heterocycles. The third-order valence-corrected chi connectivity index (χ3v) is 3.03. The van der Waals surface area contributed by atoms with Crippen molar-refractivity contribution in [2.45, 2.75) is 26.6 Å². The van der Waals surface area contributed by atoms with Crippen LogP contribution in [0.1, 0.15) is 30.0 Å². The Morgan fingerprint density at radius 3 is 2.83 bits per heavy atom. The van der Waals surface area contributed by atoms with E-state index in [-0.39, 0.29) is 6.61 Å². The number of benzene rings is 1. The third-order valence-electron chi connectivity index (χ3n) is 2.54. The highest BCUT2D eigenvalue weighted by Gasteiger charge is 2.12. The molecule has 0 radical (unpaired) electrons. The summed E-state index contributed by atoms with van der Waals surface area (Å²) in [6.45, 7) is 3.75. The van der Waals surface area contributed by atoms with Crippen molar-refractivity contribution >= 4 is 15.9 Å². The van der Waals surface area contributed by atoms with Gasteiger partial charge in [0.25, 0.3) is 0 Å². The molecule has 2 aromatic rings. The molecule has 2 rings (SSSR count). The second kappa shape index (κ2) is 5.49. The van der Waals surface area contributed by atoms with Crippen LogP contribution < -0.4 is 4.74 Å². The van der Waals surface area contributed by atoms with Crippen molar-refractivity contribution in [1.82, 2.24) is 10.3 Å². The molecule has 0 bridgehead atoms. The summed E-state index contributed by atoms with van der Waals surface area (Å²) in [7, 11) is 0. The van der Waals surface area contributed by atoms with Gasteiger partial charge < -0.3 is 9.84 Å². The van der Waals surface area contributed by atoms with Crippen molar-refractivity contribution < 1.29 is 14.5 Å². The summed E-state index contributed by atoms with van der Waals surface area (Å²) < 4.78 is 11.1. The topological polar surface area (TPSA) is 68.4 Å². The Labute approximate surface area is 113 Å². The number of ether oxygens (including phenoxy) is 1. The molecule has 0 saturated heterocycles. The summed E-state index contributed by atoms with van der Waals surface area (Å²) >= 11 is 3.37. The van der Waals surface area contributed by atoms with Gasteiger partial charge >= 0.3 is 0 Å². The summed E-state index contributed by atoms with van der Waals surface area (Å²) in [5.41, 5.74) is 2.07. The van der Waals surface area contributed by atoms with Crippen LogP contribution >= 0.6 is 15.9 Å². The monoisotopic (exact) mass is 312 g/mol. The maximum absolute atomic E-state index is 9.67. The van der Waals surface area contributed by atoms with E-state index in [1.165, 1.54) is 0 Å². The molecule has 18 heavy (non-hydrogen) atoms. The van der Waals surface area contributed by atoms with Gasteiger partial charge in [-0.2, -0.15) is 0 Å². The highest BCUT2D eigenvalue weighted by molar-refractivity contribution is 9.10. The van der Waals surface area contributed by atoms with Crippen LogP contribution in [-0.2, 0) is 6.61 Å². The Bertz CT molecular complexity index is 540. The molecule has 0 fully saturated rings. The molecular weight excluding hydrogens is 300 g/mol. The maximum atomic E-state index is 9.67. The second-order valence-electron chi connectivity index (χ2n) is 3.94. The Balaban J connectivity index is 2.18. The second-order valence-corrected chi connectivity index (χ2v) is 4.86. The summed E-state index contributed by atoms with van der Waals surface area (Å²) in [6.07, 6.45) is -0.593. The number of hydrogen-bond acceptors (Lipinski definition) is 5. The zero-order valence-electron chi connectivity index (χ0n) is 10.1. The first kappa shape index (κ1) is 13.0.